The quantitative estimate of drug-likeness (QED) is 0.881. The van der Waals surface area contributed by atoms with E-state index in [-0.39, 0.29) is 6.04 Å². The molecule has 3 rings (SSSR count). The van der Waals surface area contributed by atoms with Crippen LogP contribution in [0.15, 0.2) is 18.5 Å². The molecular weight excluding hydrogens is 224 g/mol. The van der Waals surface area contributed by atoms with Crippen molar-refractivity contribution in [3.8, 4) is 5.69 Å². The van der Waals surface area contributed by atoms with Gasteiger partial charge in [-0.15, -0.1) is 0 Å². The number of aryl methyl sites for hydroxylation is 2. The van der Waals surface area contributed by atoms with Crippen molar-refractivity contribution >= 4 is 0 Å². The second-order valence-electron chi connectivity index (χ2n) is 5.08. The Morgan fingerprint density at radius 2 is 2.33 bits per heavy atom. The molecule has 0 amide bonds. The van der Waals surface area contributed by atoms with E-state index in [9.17, 15) is 0 Å². The molecule has 4 nitrogen and oxygen atoms in total. The van der Waals surface area contributed by atoms with Crippen LogP contribution in [-0.4, -0.2) is 14.3 Å². The molecule has 0 fully saturated rings. The van der Waals surface area contributed by atoms with Crippen LogP contribution in [0.2, 0.25) is 0 Å². The normalized spacial score (nSPS) is 18.9. The van der Waals surface area contributed by atoms with Crippen molar-refractivity contribution in [2.24, 2.45) is 5.73 Å². The fraction of sp³-hybridized carbons (Fsp3) is 0.500. The Hall–Kier alpha value is -1.55. The molecular formula is C14H20N4. The summed E-state index contributed by atoms with van der Waals surface area (Å²) in [4.78, 5) is 0. The van der Waals surface area contributed by atoms with Crippen molar-refractivity contribution in [3.05, 3.63) is 35.4 Å². The molecule has 1 aliphatic rings. The average molecular weight is 244 g/mol. The van der Waals surface area contributed by atoms with E-state index in [1.165, 1.54) is 23.4 Å². The van der Waals surface area contributed by atoms with Gasteiger partial charge in [0.25, 0.3) is 0 Å². The molecule has 96 valence electrons. The summed E-state index contributed by atoms with van der Waals surface area (Å²) >= 11 is 0. The van der Waals surface area contributed by atoms with Gasteiger partial charge >= 0.3 is 0 Å². The molecule has 0 saturated heterocycles. The van der Waals surface area contributed by atoms with Crippen LogP contribution in [0.4, 0.5) is 0 Å². The highest BCUT2D eigenvalue weighted by molar-refractivity contribution is 5.41. The fourth-order valence-corrected chi connectivity index (χ4v) is 2.94. The van der Waals surface area contributed by atoms with E-state index < -0.39 is 0 Å². The third-order valence-electron chi connectivity index (χ3n) is 3.85. The van der Waals surface area contributed by atoms with Gasteiger partial charge in [-0.1, -0.05) is 0 Å². The van der Waals surface area contributed by atoms with Gasteiger partial charge in [0, 0.05) is 30.2 Å². The molecule has 1 atom stereocenters. The minimum Gasteiger partial charge on any atom is -0.324 e. The van der Waals surface area contributed by atoms with Crippen LogP contribution in [0, 0.1) is 6.92 Å². The van der Waals surface area contributed by atoms with Crippen LogP contribution in [0.1, 0.15) is 42.8 Å². The summed E-state index contributed by atoms with van der Waals surface area (Å²) in [6, 6.07) is 2.44. The summed E-state index contributed by atoms with van der Waals surface area (Å²) in [7, 11) is 0. The molecule has 0 spiro atoms. The first-order chi connectivity index (χ1) is 8.70. The number of hydrogen-bond acceptors (Lipinski definition) is 2. The predicted octanol–water partition coefficient (Wildman–Crippen LogP) is 2.34. The van der Waals surface area contributed by atoms with Gasteiger partial charge in [0.2, 0.25) is 0 Å². The van der Waals surface area contributed by atoms with E-state index in [4.69, 9.17) is 5.73 Å². The van der Waals surface area contributed by atoms with Gasteiger partial charge in [-0.05, 0) is 44.7 Å². The van der Waals surface area contributed by atoms with E-state index in [0.717, 1.165) is 25.1 Å². The van der Waals surface area contributed by atoms with E-state index in [2.05, 4.69) is 35.8 Å². The number of nitrogens with two attached hydrogens (primary N) is 1. The molecule has 4 heteroatoms. The third kappa shape index (κ3) is 1.68. The molecule has 2 N–H and O–H groups in total. The third-order valence-corrected chi connectivity index (χ3v) is 3.85. The van der Waals surface area contributed by atoms with Gasteiger partial charge < -0.3 is 10.3 Å². The van der Waals surface area contributed by atoms with Crippen LogP contribution in [0.3, 0.4) is 0 Å². The minimum absolute atomic E-state index is 0.204. The van der Waals surface area contributed by atoms with Gasteiger partial charge in [0.15, 0.2) is 0 Å². The molecule has 0 saturated carbocycles. The first-order valence-corrected chi connectivity index (χ1v) is 6.70. The molecule has 0 bridgehead atoms. The molecule has 0 radical (unpaired) electrons. The van der Waals surface area contributed by atoms with Gasteiger partial charge in [0.1, 0.15) is 0 Å². The van der Waals surface area contributed by atoms with Crippen LogP contribution in [0.5, 0.6) is 0 Å². The summed E-state index contributed by atoms with van der Waals surface area (Å²) in [6.07, 6.45) is 7.45. The van der Waals surface area contributed by atoms with E-state index >= 15 is 0 Å². The van der Waals surface area contributed by atoms with Crippen molar-refractivity contribution in [1.29, 1.82) is 0 Å². The van der Waals surface area contributed by atoms with E-state index in [1.54, 1.807) is 0 Å². The first kappa shape index (κ1) is 11.5. The molecule has 0 aliphatic heterocycles. The van der Waals surface area contributed by atoms with Crippen molar-refractivity contribution < 1.29 is 0 Å². The predicted molar refractivity (Wildman–Crippen MR) is 71.8 cm³/mol. The monoisotopic (exact) mass is 244 g/mol. The Bertz CT molecular complexity index is 564. The van der Waals surface area contributed by atoms with Gasteiger partial charge in [-0.25, -0.2) is 0 Å². The largest absolute Gasteiger partial charge is 0.324 e. The second kappa shape index (κ2) is 4.28. The van der Waals surface area contributed by atoms with E-state index in [1.807, 2.05) is 10.9 Å². The highest BCUT2D eigenvalue weighted by Crippen LogP contribution is 2.32. The zero-order chi connectivity index (χ0) is 12.7. The summed E-state index contributed by atoms with van der Waals surface area (Å²) in [6.45, 7) is 5.15. The molecule has 2 aromatic rings. The zero-order valence-electron chi connectivity index (χ0n) is 11.1. The summed E-state index contributed by atoms with van der Waals surface area (Å²) < 4.78 is 4.28. The number of fused-ring (bicyclic) bond motifs is 1. The maximum Gasteiger partial charge on any atom is 0.0837 e. The molecule has 18 heavy (non-hydrogen) atoms. The average Bonchev–Trinajstić information content (AvgIpc) is 2.93. The smallest absolute Gasteiger partial charge is 0.0837 e. The molecule has 1 aliphatic carbocycles. The minimum atomic E-state index is 0.204. The van der Waals surface area contributed by atoms with Crippen molar-refractivity contribution in [2.45, 2.75) is 45.7 Å². The Morgan fingerprint density at radius 1 is 1.50 bits per heavy atom. The second-order valence-corrected chi connectivity index (χ2v) is 5.08. The van der Waals surface area contributed by atoms with Gasteiger partial charge in [0.05, 0.1) is 11.9 Å². The Balaban J connectivity index is 2.11. The SMILES string of the molecule is CCn1cc(-n2c(C)cc3c2CCCC3N)cn1. The van der Waals surface area contributed by atoms with Crippen LogP contribution >= 0.6 is 0 Å². The van der Waals surface area contributed by atoms with Gasteiger partial charge in [-0.2, -0.15) is 5.10 Å². The Morgan fingerprint density at radius 3 is 3.06 bits per heavy atom. The van der Waals surface area contributed by atoms with Crippen molar-refractivity contribution in [2.75, 3.05) is 0 Å². The lowest BCUT2D eigenvalue weighted by Gasteiger charge is -2.20. The zero-order valence-corrected chi connectivity index (χ0v) is 11.1. The van der Waals surface area contributed by atoms with Crippen LogP contribution in [0.25, 0.3) is 5.69 Å². The lowest BCUT2D eigenvalue weighted by molar-refractivity contribution is 0.560. The molecule has 2 heterocycles. The standard InChI is InChI=1S/C14H20N4/c1-3-17-9-11(8-16-17)18-10(2)7-12-13(15)5-4-6-14(12)18/h7-9,13H,3-6,15H2,1-2H3. The van der Waals surface area contributed by atoms with Crippen LogP contribution < -0.4 is 5.73 Å². The summed E-state index contributed by atoms with van der Waals surface area (Å²) in [5, 5.41) is 4.36. The van der Waals surface area contributed by atoms with Crippen molar-refractivity contribution in [3.63, 3.8) is 0 Å². The Labute approximate surface area is 107 Å². The number of rotatable bonds is 2. The number of hydrogen-bond donors (Lipinski definition) is 1. The topological polar surface area (TPSA) is 48.8 Å². The van der Waals surface area contributed by atoms with E-state index in [0.29, 0.717) is 0 Å². The van der Waals surface area contributed by atoms with Crippen molar-refractivity contribution in [1.82, 2.24) is 14.3 Å². The number of nitrogens with zero attached hydrogens (tertiary/aromatic N) is 3. The fourth-order valence-electron chi connectivity index (χ4n) is 2.94. The Kier molecular flexibility index (Phi) is 2.74. The lowest BCUT2D eigenvalue weighted by atomic mass is 9.93. The maximum absolute atomic E-state index is 6.20. The first-order valence-electron chi connectivity index (χ1n) is 6.70. The summed E-state index contributed by atoms with van der Waals surface area (Å²) in [5.41, 5.74) is 11.3. The molecule has 0 aromatic carbocycles. The summed E-state index contributed by atoms with van der Waals surface area (Å²) in [5.74, 6) is 0. The highest BCUT2D eigenvalue weighted by Gasteiger charge is 2.23. The van der Waals surface area contributed by atoms with Gasteiger partial charge in [-0.3, -0.25) is 4.68 Å². The lowest BCUT2D eigenvalue weighted by Crippen LogP contribution is -2.17. The molecule has 2 aromatic heterocycles. The number of aromatic nitrogens is 3. The maximum atomic E-state index is 6.20. The highest BCUT2D eigenvalue weighted by atomic mass is 15.3. The van der Waals surface area contributed by atoms with Crippen LogP contribution in [-0.2, 0) is 13.0 Å². The molecule has 1 unspecified atom stereocenters.